The van der Waals surface area contributed by atoms with Crippen molar-refractivity contribution in [3.05, 3.63) is 99.6 Å². The molecule has 2 heterocycles. The summed E-state index contributed by atoms with van der Waals surface area (Å²) in [5.74, 6) is -0.695. The fourth-order valence-electron chi connectivity index (χ4n) is 4.05. The zero-order valence-corrected chi connectivity index (χ0v) is 21.6. The zero-order chi connectivity index (χ0) is 27.8. The second-order valence-electron chi connectivity index (χ2n) is 8.83. The highest BCUT2D eigenvalue weighted by Crippen LogP contribution is 2.31. The normalized spacial score (nSPS) is 11.9. The fraction of sp³-hybridized carbons (Fsp3) is 0.192. The molecule has 1 amide bonds. The Morgan fingerprint density at radius 1 is 1.08 bits per heavy atom. The molecule has 2 aromatic carbocycles. The van der Waals surface area contributed by atoms with E-state index in [1.807, 2.05) is 0 Å². The van der Waals surface area contributed by atoms with Crippen LogP contribution in [-0.2, 0) is 29.4 Å². The van der Waals surface area contributed by atoms with Gasteiger partial charge in [0.25, 0.3) is 11.5 Å². The van der Waals surface area contributed by atoms with Gasteiger partial charge in [-0.3, -0.25) is 28.4 Å². The van der Waals surface area contributed by atoms with Gasteiger partial charge in [0.2, 0.25) is 0 Å². The summed E-state index contributed by atoms with van der Waals surface area (Å²) >= 11 is 0. The number of pyridine rings is 1. The Bertz CT molecular complexity index is 1690. The molecule has 2 aromatic heterocycles. The van der Waals surface area contributed by atoms with Gasteiger partial charge >= 0.3 is 6.18 Å². The lowest BCUT2D eigenvalue weighted by Crippen LogP contribution is -2.33. The van der Waals surface area contributed by atoms with Crippen molar-refractivity contribution in [3.63, 3.8) is 0 Å². The highest BCUT2D eigenvalue weighted by Gasteiger charge is 2.31. The molecule has 4 aromatic rings. The molecule has 0 fully saturated rings. The second kappa shape index (κ2) is 9.93. The van der Waals surface area contributed by atoms with E-state index in [9.17, 15) is 22.8 Å². The minimum atomic E-state index is -4.61. The number of aryl methyl sites for hydroxylation is 1. The molecule has 12 heteroatoms. The number of rotatable bonds is 6. The lowest BCUT2D eigenvalue weighted by Gasteiger charge is -2.18. The molecule has 198 valence electrons. The molecule has 0 saturated heterocycles. The van der Waals surface area contributed by atoms with E-state index < -0.39 is 32.8 Å². The molecule has 38 heavy (non-hydrogen) atoms. The highest BCUT2D eigenvalue weighted by atomic mass is 32.2. The van der Waals surface area contributed by atoms with E-state index in [1.54, 1.807) is 55.2 Å². The van der Waals surface area contributed by atoms with Gasteiger partial charge in [0.15, 0.2) is 0 Å². The van der Waals surface area contributed by atoms with Crippen molar-refractivity contribution in [2.45, 2.75) is 24.5 Å². The number of benzene rings is 2. The third-order valence-electron chi connectivity index (χ3n) is 6.07. The summed E-state index contributed by atoms with van der Waals surface area (Å²) in [6, 6.07) is 14.2. The molecule has 0 bridgehead atoms. The standard InChI is InChI=1S/C26H25F3N6O2S/c1-16-21(23-11-12-33-34(23)2)14-22(24(36)32-15-17-7-9-20(10-8-17)38(3,30)31)25(37)35(16)19-6-4-5-18(13-19)26(27,28)29/h4-14,30-31H,15H2,1-3H3,(H,32,36). The van der Waals surface area contributed by atoms with Crippen molar-refractivity contribution in [1.29, 1.82) is 9.56 Å². The first-order valence-corrected chi connectivity index (χ1v) is 13.4. The van der Waals surface area contributed by atoms with Crippen molar-refractivity contribution in [2.24, 2.45) is 7.05 Å². The van der Waals surface area contributed by atoms with E-state index in [2.05, 4.69) is 10.4 Å². The maximum atomic E-state index is 13.5. The minimum absolute atomic E-state index is 0.0210. The number of carbonyl (C=O) groups excluding carboxylic acids is 1. The van der Waals surface area contributed by atoms with Gasteiger partial charge in [-0.15, -0.1) is 0 Å². The van der Waals surface area contributed by atoms with E-state index in [4.69, 9.17) is 9.56 Å². The molecule has 0 spiro atoms. The predicted molar refractivity (Wildman–Crippen MR) is 139 cm³/mol. The van der Waals surface area contributed by atoms with Crippen LogP contribution in [0.5, 0.6) is 0 Å². The first-order valence-electron chi connectivity index (χ1n) is 11.3. The highest BCUT2D eigenvalue weighted by molar-refractivity contribution is 7.92. The molecule has 0 saturated carbocycles. The van der Waals surface area contributed by atoms with Gasteiger partial charge in [-0.2, -0.15) is 18.3 Å². The van der Waals surface area contributed by atoms with Crippen molar-refractivity contribution < 1.29 is 18.0 Å². The maximum Gasteiger partial charge on any atom is 0.416 e. The molecular weight excluding hydrogens is 517 g/mol. The molecule has 0 aliphatic heterocycles. The van der Waals surface area contributed by atoms with E-state index in [-0.39, 0.29) is 17.8 Å². The number of aromatic nitrogens is 3. The maximum absolute atomic E-state index is 13.5. The van der Waals surface area contributed by atoms with Gasteiger partial charge in [-0.1, -0.05) is 18.2 Å². The van der Waals surface area contributed by atoms with Crippen LogP contribution in [0.25, 0.3) is 16.9 Å². The number of hydrogen-bond donors (Lipinski definition) is 3. The van der Waals surface area contributed by atoms with E-state index in [0.29, 0.717) is 27.4 Å². The van der Waals surface area contributed by atoms with Crippen molar-refractivity contribution in [1.82, 2.24) is 19.7 Å². The molecule has 8 nitrogen and oxygen atoms in total. The van der Waals surface area contributed by atoms with Gasteiger partial charge in [-0.05, 0) is 64.6 Å². The zero-order valence-electron chi connectivity index (χ0n) is 20.8. The van der Waals surface area contributed by atoms with Crippen LogP contribution in [-0.4, -0.2) is 26.5 Å². The molecule has 0 unspecified atom stereocenters. The van der Waals surface area contributed by atoms with Gasteiger partial charge in [0, 0.05) is 47.9 Å². The summed E-state index contributed by atoms with van der Waals surface area (Å²) in [5.41, 5.74) is 0.143. The molecule has 0 aliphatic rings. The van der Waals surface area contributed by atoms with Crippen LogP contribution in [0.3, 0.4) is 0 Å². The first-order chi connectivity index (χ1) is 17.8. The Kier molecular flexibility index (Phi) is 7.02. The first kappa shape index (κ1) is 26.9. The number of carbonyl (C=O) groups is 1. The van der Waals surface area contributed by atoms with Gasteiger partial charge in [0.1, 0.15) is 5.56 Å². The number of hydrogen-bond acceptors (Lipinski definition) is 5. The number of alkyl halides is 3. The van der Waals surface area contributed by atoms with E-state index >= 15 is 0 Å². The van der Waals surface area contributed by atoms with Crippen LogP contribution in [0, 0.1) is 16.5 Å². The number of halogens is 3. The van der Waals surface area contributed by atoms with Gasteiger partial charge in [-0.25, -0.2) is 0 Å². The average Bonchev–Trinajstić information content (AvgIpc) is 3.27. The predicted octanol–water partition coefficient (Wildman–Crippen LogP) is 5.16. The largest absolute Gasteiger partial charge is 0.416 e. The summed E-state index contributed by atoms with van der Waals surface area (Å²) in [4.78, 5) is 27.3. The van der Waals surface area contributed by atoms with Crippen LogP contribution >= 0.6 is 0 Å². The van der Waals surface area contributed by atoms with Crippen LogP contribution in [0.2, 0.25) is 0 Å². The fourth-order valence-corrected chi connectivity index (χ4v) is 4.73. The number of nitrogens with zero attached hydrogens (tertiary/aromatic N) is 3. The smallest absolute Gasteiger partial charge is 0.348 e. The van der Waals surface area contributed by atoms with Gasteiger partial charge in [0.05, 0.1) is 11.3 Å². The molecule has 4 rings (SSSR count). The van der Waals surface area contributed by atoms with Gasteiger partial charge < -0.3 is 5.32 Å². The van der Waals surface area contributed by atoms with Crippen molar-refractivity contribution in [3.8, 4) is 16.9 Å². The van der Waals surface area contributed by atoms with Crippen molar-refractivity contribution in [2.75, 3.05) is 6.26 Å². The molecule has 3 N–H and O–H groups in total. The second-order valence-corrected chi connectivity index (χ2v) is 11.1. The lowest BCUT2D eigenvalue weighted by molar-refractivity contribution is -0.137. The monoisotopic (exact) mass is 542 g/mol. The Morgan fingerprint density at radius 2 is 1.76 bits per heavy atom. The van der Waals surface area contributed by atoms with Crippen molar-refractivity contribution >= 4 is 15.5 Å². The van der Waals surface area contributed by atoms with Crippen LogP contribution in [0.4, 0.5) is 13.2 Å². The minimum Gasteiger partial charge on any atom is -0.348 e. The summed E-state index contributed by atoms with van der Waals surface area (Å²) < 4.78 is 58.6. The summed E-state index contributed by atoms with van der Waals surface area (Å²) in [6.45, 7) is 1.67. The number of amides is 1. The summed E-state index contributed by atoms with van der Waals surface area (Å²) in [7, 11) is -0.707. The Balaban J connectivity index is 1.78. The number of nitrogens with one attached hydrogen (secondary N) is 3. The average molecular weight is 543 g/mol. The van der Waals surface area contributed by atoms with Crippen LogP contribution in [0.15, 0.2) is 76.6 Å². The van der Waals surface area contributed by atoms with E-state index in [1.165, 1.54) is 24.5 Å². The Labute approximate surface area is 217 Å². The quantitative estimate of drug-likeness (QED) is 0.312. The third kappa shape index (κ3) is 5.40. The summed E-state index contributed by atoms with van der Waals surface area (Å²) in [6.07, 6.45) is -1.55. The Hall–Kier alpha value is -4.19. The third-order valence-corrected chi connectivity index (χ3v) is 7.28. The van der Waals surface area contributed by atoms with Crippen LogP contribution < -0.4 is 10.9 Å². The van der Waals surface area contributed by atoms with Crippen LogP contribution in [0.1, 0.15) is 27.2 Å². The molecule has 0 aliphatic carbocycles. The molecule has 0 atom stereocenters. The molecule has 0 radical (unpaired) electrons. The SMILES string of the molecule is Cc1c(-c2ccnn2C)cc(C(=O)NCc2ccc(S(C)(=N)=N)cc2)c(=O)n1-c1cccc(C(F)(F)F)c1. The summed E-state index contributed by atoms with van der Waals surface area (Å²) in [5, 5.41) is 6.83. The lowest BCUT2D eigenvalue weighted by atomic mass is 10.1. The molecular formula is C26H25F3N6O2S. The topological polar surface area (TPSA) is 117 Å². The Morgan fingerprint density at radius 3 is 2.34 bits per heavy atom. The van der Waals surface area contributed by atoms with E-state index in [0.717, 1.165) is 16.7 Å².